The summed E-state index contributed by atoms with van der Waals surface area (Å²) in [7, 11) is 2.07. The summed E-state index contributed by atoms with van der Waals surface area (Å²) in [6.45, 7) is 5.00. The maximum absolute atomic E-state index is 9.87. The zero-order chi connectivity index (χ0) is 8.53. The highest BCUT2D eigenvalue weighted by atomic mass is 16.1. The summed E-state index contributed by atoms with van der Waals surface area (Å²) in [4.78, 5) is 12.1. The number of carbonyl (C=O) groups is 1. The third kappa shape index (κ3) is 7.33. The Morgan fingerprint density at radius 3 is 2.73 bits per heavy atom. The fourth-order valence-corrected chi connectivity index (χ4v) is 0.854. The van der Waals surface area contributed by atoms with Crippen LogP contribution in [0.15, 0.2) is 0 Å². The van der Waals surface area contributed by atoms with E-state index in [-0.39, 0.29) is 0 Å². The van der Waals surface area contributed by atoms with Crippen LogP contribution in [0, 0.1) is 0 Å². The molecule has 0 heterocycles. The maximum atomic E-state index is 9.87. The summed E-state index contributed by atoms with van der Waals surface area (Å²) in [6.07, 6.45) is 3.21. The van der Waals surface area contributed by atoms with Gasteiger partial charge < -0.3 is 10.2 Å². The van der Waals surface area contributed by atoms with Crippen LogP contribution in [0.2, 0.25) is 0 Å². The minimum atomic E-state index is 0.744. The van der Waals surface area contributed by atoms with Crippen molar-refractivity contribution in [3.8, 4) is 0 Å². The Bertz CT molecular complexity index is 96.1. The van der Waals surface area contributed by atoms with E-state index >= 15 is 0 Å². The lowest BCUT2D eigenvalue weighted by molar-refractivity contribution is -0.109. The zero-order valence-electron chi connectivity index (χ0n) is 7.47. The number of rotatable bonds is 7. The van der Waals surface area contributed by atoms with E-state index in [0.717, 1.165) is 26.0 Å². The first-order chi connectivity index (χ1) is 5.31. The first-order valence-electron chi connectivity index (χ1n) is 4.16. The largest absolute Gasteiger partial charge is 0.357 e. The molecule has 0 radical (unpaired) electrons. The van der Waals surface area contributed by atoms with E-state index in [2.05, 4.69) is 24.2 Å². The molecule has 0 aliphatic heterocycles. The first kappa shape index (κ1) is 10.4. The molecule has 3 heteroatoms. The van der Waals surface area contributed by atoms with E-state index in [1.807, 2.05) is 0 Å². The molecule has 0 spiro atoms. The third-order valence-electron chi connectivity index (χ3n) is 1.61. The molecular weight excluding hydrogens is 140 g/mol. The Morgan fingerprint density at radius 2 is 2.18 bits per heavy atom. The number of likely N-dealkylation sites (N-methyl/N-ethyl adjacent to an activating group) is 1. The molecule has 0 saturated carbocycles. The van der Waals surface area contributed by atoms with E-state index < -0.39 is 0 Å². The van der Waals surface area contributed by atoms with E-state index in [1.165, 1.54) is 12.8 Å². The van der Waals surface area contributed by atoms with Crippen molar-refractivity contribution in [2.45, 2.75) is 19.8 Å². The van der Waals surface area contributed by atoms with Crippen LogP contribution in [-0.4, -0.2) is 38.0 Å². The van der Waals surface area contributed by atoms with Gasteiger partial charge in [0.15, 0.2) is 0 Å². The van der Waals surface area contributed by atoms with Crippen LogP contribution in [0.1, 0.15) is 19.8 Å². The van der Waals surface area contributed by atoms with Gasteiger partial charge in [0.25, 0.3) is 0 Å². The van der Waals surface area contributed by atoms with Gasteiger partial charge in [0.2, 0.25) is 6.41 Å². The average Bonchev–Trinajstić information content (AvgIpc) is 2.01. The molecule has 0 aliphatic carbocycles. The number of nitrogens with zero attached hydrogens (tertiary/aromatic N) is 1. The van der Waals surface area contributed by atoms with Crippen molar-refractivity contribution in [1.82, 2.24) is 10.2 Å². The number of hydrogen-bond acceptors (Lipinski definition) is 2. The van der Waals surface area contributed by atoms with Gasteiger partial charge >= 0.3 is 0 Å². The van der Waals surface area contributed by atoms with Crippen LogP contribution in [0.4, 0.5) is 0 Å². The fraction of sp³-hybridized carbons (Fsp3) is 0.875. The van der Waals surface area contributed by atoms with Crippen LogP contribution in [0.3, 0.4) is 0 Å². The monoisotopic (exact) mass is 158 g/mol. The van der Waals surface area contributed by atoms with Gasteiger partial charge in [-0.05, 0) is 20.0 Å². The highest BCUT2D eigenvalue weighted by Gasteiger charge is 1.94. The molecule has 1 amide bonds. The van der Waals surface area contributed by atoms with E-state index in [4.69, 9.17) is 0 Å². The minimum Gasteiger partial charge on any atom is -0.357 e. The predicted molar refractivity (Wildman–Crippen MR) is 46.5 cm³/mol. The smallest absolute Gasteiger partial charge is 0.207 e. The van der Waals surface area contributed by atoms with Gasteiger partial charge in [-0.3, -0.25) is 4.79 Å². The van der Waals surface area contributed by atoms with Crippen LogP contribution in [0.25, 0.3) is 0 Å². The Balaban J connectivity index is 3.08. The molecule has 0 aliphatic rings. The molecular formula is C8H18N2O. The summed E-state index contributed by atoms with van der Waals surface area (Å²) in [5.74, 6) is 0. The average molecular weight is 158 g/mol. The molecule has 0 saturated heterocycles. The molecule has 0 atom stereocenters. The van der Waals surface area contributed by atoms with Crippen LogP contribution < -0.4 is 5.32 Å². The SMILES string of the molecule is CCCCN(C)CCNC=O. The van der Waals surface area contributed by atoms with E-state index in [1.54, 1.807) is 0 Å². The molecule has 3 nitrogen and oxygen atoms in total. The molecule has 0 aromatic rings. The van der Waals surface area contributed by atoms with Crippen molar-refractivity contribution >= 4 is 6.41 Å². The van der Waals surface area contributed by atoms with Gasteiger partial charge in [0.1, 0.15) is 0 Å². The lowest BCUT2D eigenvalue weighted by atomic mass is 10.3. The van der Waals surface area contributed by atoms with Crippen molar-refractivity contribution in [2.24, 2.45) is 0 Å². The molecule has 0 aromatic carbocycles. The quantitative estimate of drug-likeness (QED) is 0.431. The molecule has 1 N–H and O–H groups in total. The fourth-order valence-electron chi connectivity index (χ4n) is 0.854. The standard InChI is InChI=1S/C8H18N2O/c1-3-4-6-10(2)7-5-9-8-11/h8H,3-7H2,1-2H3,(H,9,11). The van der Waals surface area contributed by atoms with Gasteiger partial charge in [-0.1, -0.05) is 13.3 Å². The number of carbonyl (C=O) groups excluding carboxylic acids is 1. The molecule has 0 fully saturated rings. The van der Waals surface area contributed by atoms with Crippen LogP contribution >= 0.6 is 0 Å². The second-order valence-electron chi connectivity index (χ2n) is 2.73. The number of nitrogens with one attached hydrogen (secondary N) is 1. The Hall–Kier alpha value is -0.570. The Morgan fingerprint density at radius 1 is 1.45 bits per heavy atom. The van der Waals surface area contributed by atoms with E-state index in [0.29, 0.717) is 0 Å². The number of hydrogen-bond donors (Lipinski definition) is 1. The molecule has 66 valence electrons. The molecule has 11 heavy (non-hydrogen) atoms. The van der Waals surface area contributed by atoms with Crippen molar-refractivity contribution in [3.63, 3.8) is 0 Å². The summed E-state index contributed by atoms with van der Waals surface area (Å²) >= 11 is 0. The second-order valence-corrected chi connectivity index (χ2v) is 2.73. The van der Waals surface area contributed by atoms with E-state index in [9.17, 15) is 4.79 Å². The maximum Gasteiger partial charge on any atom is 0.207 e. The van der Waals surface area contributed by atoms with Gasteiger partial charge in [-0.2, -0.15) is 0 Å². The number of unbranched alkanes of at least 4 members (excludes halogenated alkanes) is 1. The zero-order valence-corrected chi connectivity index (χ0v) is 7.47. The van der Waals surface area contributed by atoms with Crippen LogP contribution in [0.5, 0.6) is 0 Å². The summed E-state index contributed by atoms with van der Waals surface area (Å²) in [6, 6.07) is 0. The van der Waals surface area contributed by atoms with Crippen molar-refractivity contribution in [3.05, 3.63) is 0 Å². The molecule has 0 unspecified atom stereocenters. The summed E-state index contributed by atoms with van der Waals surface area (Å²) < 4.78 is 0. The minimum absolute atomic E-state index is 0.744. The van der Waals surface area contributed by atoms with Crippen molar-refractivity contribution in [2.75, 3.05) is 26.7 Å². The lowest BCUT2D eigenvalue weighted by Crippen LogP contribution is -2.29. The first-order valence-corrected chi connectivity index (χ1v) is 4.16. The van der Waals surface area contributed by atoms with Gasteiger partial charge in [-0.25, -0.2) is 0 Å². The lowest BCUT2D eigenvalue weighted by Gasteiger charge is -2.14. The highest BCUT2D eigenvalue weighted by Crippen LogP contribution is 1.89. The predicted octanol–water partition coefficient (Wildman–Crippen LogP) is 0.464. The normalized spacial score (nSPS) is 10.1. The van der Waals surface area contributed by atoms with Gasteiger partial charge in [0.05, 0.1) is 0 Å². The second kappa shape index (κ2) is 7.54. The topological polar surface area (TPSA) is 32.3 Å². The van der Waals surface area contributed by atoms with Crippen molar-refractivity contribution in [1.29, 1.82) is 0 Å². The Labute approximate surface area is 68.8 Å². The van der Waals surface area contributed by atoms with Gasteiger partial charge in [0, 0.05) is 13.1 Å². The Kier molecular flexibility index (Phi) is 7.15. The number of amides is 1. The molecule has 0 rings (SSSR count). The van der Waals surface area contributed by atoms with Crippen LogP contribution in [-0.2, 0) is 4.79 Å². The third-order valence-corrected chi connectivity index (χ3v) is 1.61. The molecule has 0 bridgehead atoms. The molecule has 0 aromatic heterocycles. The van der Waals surface area contributed by atoms with Crippen molar-refractivity contribution < 1.29 is 4.79 Å². The summed E-state index contributed by atoms with van der Waals surface area (Å²) in [5, 5.41) is 2.63. The highest BCUT2D eigenvalue weighted by molar-refractivity contribution is 5.45. The summed E-state index contributed by atoms with van der Waals surface area (Å²) in [5.41, 5.74) is 0. The van der Waals surface area contributed by atoms with Gasteiger partial charge in [-0.15, -0.1) is 0 Å².